The Labute approximate surface area is 103 Å². The fraction of sp³-hybridized carbons (Fsp3) is 0.500. The lowest BCUT2D eigenvalue weighted by Crippen LogP contribution is -2.35. The van der Waals surface area contributed by atoms with Gasteiger partial charge in [-0.15, -0.1) is 12.4 Å². The summed E-state index contributed by atoms with van der Waals surface area (Å²) in [5.41, 5.74) is 1.27. The Kier molecular flexibility index (Phi) is 5.44. The summed E-state index contributed by atoms with van der Waals surface area (Å²) in [6.07, 6.45) is 5.02. The van der Waals surface area contributed by atoms with Gasteiger partial charge in [0.1, 0.15) is 0 Å². The van der Waals surface area contributed by atoms with Crippen LogP contribution < -0.4 is 5.32 Å². The van der Waals surface area contributed by atoms with Crippen molar-refractivity contribution in [2.45, 2.75) is 31.7 Å². The summed E-state index contributed by atoms with van der Waals surface area (Å²) in [7, 11) is 0. The minimum Gasteiger partial charge on any atom is -0.314 e. The topological polar surface area (TPSA) is 12.0 Å². The number of nitrogens with one attached hydrogen (secondary N) is 1. The number of rotatable bonds is 2. The molecule has 0 radical (unpaired) electrons. The Morgan fingerprint density at radius 3 is 2.73 bits per heavy atom. The molecule has 1 aliphatic rings. The van der Waals surface area contributed by atoms with Gasteiger partial charge in [0.05, 0.1) is 0 Å². The maximum absolute atomic E-state index is 6.12. The van der Waals surface area contributed by atoms with Crippen molar-refractivity contribution in [3.8, 4) is 0 Å². The van der Waals surface area contributed by atoms with E-state index in [0.717, 1.165) is 18.0 Å². The van der Waals surface area contributed by atoms with Gasteiger partial charge >= 0.3 is 0 Å². The average Bonchev–Trinajstić information content (AvgIpc) is 2.23. The zero-order valence-electron chi connectivity index (χ0n) is 8.71. The van der Waals surface area contributed by atoms with E-state index in [-0.39, 0.29) is 12.4 Å². The predicted octanol–water partition coefficient (Wildman–Crippen LogP) is 3.45. The highest BCUT2D eigenvalue weighted by atomic mass is 35.5. The van der Waals surface area contributed by atoms with E-state index in [0.29, 0.717) is 6.04 Å². The van der Waals surface area contributed by atoms with Crippen LogP contribution in [-0.2, 0) is 6.42 Å². The molecule has 1 heterocycles. The molecule has 1 aliphatic heterocycles. The van der Waals surface area contributed by atoms with Gasteiger partial charge in [0.2, 0.25) is 0 Å². The fourth-order valence-corrected chi connectivity index (χ4v) is 2.24. The Bertz CT molecular complexity index is 295. The molecule has 84 valence electrons. The molecule has 3 heteroatoms. The van der Waals surface area contributed by atoms with Crippen molar-refractivity contribution in [3.63, 3.8) is 0 Å². The molecule has 1 atom stereocenters. The molecule has 15 heavy (non-hydrogen) atoms. The van der Waals surface area contributed by atoms with Crippen molar-refractivity contribution in [1.29, 1.82) is 0 Å². The highest BCUT2D eigenvalue weighted by Gasteiger charge is 2.13. The lowest BCUT2D eigenvalue weighted by atomic mass is 9.98. The van der Waals surface area contributed by atoms with Crippen LogP contribution in [0.5, 0.6) is 0 Å². The van der Waals surface area contributed by atoms with E-state index in [1.54, 1.807) is 0 Å². The molecule has 1 aromatic carbocycles. The zero-order chi connectivity index (χ0) is 9.80. The van der Waals surface area contributed by atoms with Crippen molar-refractivity contribution < 1.29 is 0 Å². The Balaban J connectivity index is 0.00000112. The molecule has 0 aromatic heterocycles. The van der Waals surface area contributed by atoms with Gasteiger partial charge in [-0.2, -0.15) is 0 Å². The van der Waals surface area contributed by atoms with E-state index < -0.39 is 0 Å². The maximum Gasteiger partial charge on any atom is 0.0438 e. The normalized spacial score (nSPS) is 20.7. The first kappa shape index (κ1) is 12.8. The van der Waals surface area contributed by atoms with E-state index in [4.69, 9.17) is 11.6 Å². The summed E-state index contributed by atoms with van der Waals surface area (Å²) in [5.74, 6) is 0. The second kappa shape index (κ2) is 6.37. The number of piperidine rings is 1. The third kappa shape index (κ3) is 3.67. The smallest absolute Gasteiger partial charge is 0.0438 e. The fourth-order valence-electron chi connectivity index (χ4n) is 2.03. The molecular weight excluding hydrogens is 229 g/mol. The standard InChI is InChI=1S/C12H16ClN.ClH/c13-12-7-2-1-5-10(12)9-11-6-3-4-8-14-11;/h1-2,5,7,11,14H,3-4,6,8-9H2;1H. The largest absolute Gasteiger partial charge is 0.314 e. The van der Waals surface area contributed by atoms with Crippen LogP contribution in [0.3, 0.4) is 0 Å². The van der Waals surface area contributed by atoms with Crippen LogP contribution in [0, 0.1) is 0 Å². The lowest BCUT2D eigenvalue weighted by Gasteiger charge is -2.23. The van der Waals surface area contributed by atoms with E-state index in [1.165, 1.54) is 24.8 Å². The zero-order valence-corrected chi connectivity index (χ0v) is 10.3. The van der Waals surface area contributed by atoms with Gasteiger partial charge in [-0.1, -0.05) is 36.2 Å². The monoisotopic (exact) mass is 245 g/mol. The highest BCUT2D eigenvalue weighted by molar-refractivity contribution is 6.31. The van der Waals surface area contributed by atoms with Gasteiger partial charge in [-0.3, -0.25) is 0 Å². The van der Waals surface area contributed by atoms with Gasteiger partial charge in [0.25, 0.3) is 0 Å². The SMILES string of the molecule is Cl.Clc1ccccc1CC1CCCCN1. The first-order valence-electron chi connectivity index (χ1n) is 5.33. The molecule has 2 rings (SSSR count). The van der Waals surface area contributed by atoms with Gasteiger partial charge < -0.3 is 5.32 Å². The summed E-state index contributed by atoms with van der Waals surface area (Å²) in [4.78, 5) is 0. The molecular formula is C12H17Cl2N. The molecule has 0 bridgehead atoms. The van der Waals surface area contributed by atoms with Gasteiger partial charge in [-0.25, -0.2) is 0 Å². The number of hydrogen-bond acceptors (Lipinski definition) is 1. The number of benzene rings is 1. The third-order valence-corrected chi connectivity index (χ3v) is 3.21. The summed E-state index contributed by atoms with van der Waals surface area (Å²) in [6, 6.07) is 8.77. The second-order valence-corrected chi connectivity index (χ2v) is 4.35. The van der Waals surface area contributed by atoms with Crippen LogP contribution in [0.2, 0.25) is 5.02 Å². The van der Waals surface area contributed by atoms with Crippen molar-refractivity contribution in [2.75, 3.05) is 6.54 Å². The van der Waals surface area contributed by atoms with E-state index >= 15 is 0 Å². The summed E-state index contributed by atoms with van der Waals surface area (Å²) < 4.78 is 0. The molecule has 0 aliphatic carbocycles. The van der Waals surface area contributed by atoms with Crippen molar-refractivity contribution in [1.82, 2.24) is 5.32 Å². The van der Waals surface area contributed by atoms with E-state index in [9.17, 15) is 0 Å². The van der Waals surface area contributed by atoms with Crippen LogP contribution in [0.1, 0.15) is 24.8 Å². The predicted molar refractivity (Wildman–Crippen MR) is 68.0 cm³/mol. The summed E-state index contributed by atoms with van der Waals surface area (Å²) in [5, 5.41) is 4.44. The first-order chi connectivity index (χ1) is 6.86. The number of hydrogen-bond donors (Lipinski definition) is 1. The van der Waals surface area contributed by atoms with Crippen LogP contribution in [0.25, 0.3) is 0 Å². The molecule has 1 nitrogen and oxygen atoms in total. The minimum absolute atomic E-state index is 0. The molecule has 0 amide bonds. The maximum atomic E-state index is 6.12. The molecule has 1 aromatic rings. The van der Waals surface area contributed by atoms with Gasteiger partial charge in [0.15, 0.2) is 0 Å². The average molecular weight is 246 g/mol. The Morgan fingerprint density at radius 2 is 2.07 bits per heavy atom. The molecule has 1 saturated heterocycles. The molecule has 1 N–H and O–H groups in total. The van der Waals surface area contributed by atoms with Crippen LogP contribution in [-0.4, -0.2) is 12.6 Å². The molecule has 0 spiro atoms. The van der Waals surface area contributed by atoms with Crippen molar-refractivity contribution in [3.05, 3.63) is 34.9 Å². The van der Waals surface area contributed by atoms with E-state index in [1.807, 2.05) is 12.1 Å². The van der Waals surface area contributed by atoms with Crippen LogP contribution in [0.15, 0.2) is 24.3 Å². The van der Waals surface area contributed by atoms with Crippen molar-refractivity contribution in [2.24, 2.45) is 0 Å². The van der Waals surface area contributed by atoms with E-state index in [2.05, 4.69) is 17.4 Å². The van der Waals surface area contributed by atoms with Gasteiger partial charge in [-0.05, 0) is 37.4 Å². The first-order valence-corrected chi connectivity index (χ1v) is 5.71. The van der Waals surface area contributed by atoms with Crippen LogP contribution >= 0.6 is 24.0 Å². The lowest BCUT2D eigenvalue weighted by molar-refractivity contribution is 0.399. The molecule has 0 saturated carbocycles. The Morgan fingerprint density at radius 1 is 1.27 bits per heavy atom. The molecule has 1 unspecified atom stereocenters. The summed E-state index contributed by atoms with van der Waals surface area (Å²) >= 11 is 6.12. The summed E-state index contributed by atoms with van der Waals surface area (Å²) in [6.45, 7) is 1.16. The Hall–Kier alpha value is -0.240. The number of halogens is 2. The van der Waals surface area contributed by atoms with Crippen LogP contribution in [0.4, 0.5) is 0 Å². The quantitative estimate of drug-likeness (QED) is 0.842. The third-order valence-electron chi connectivity index (χ3n) is 2.84. The van der Waals surface area contributed by atoms with Gasteiger partial charge in [0, 0.05) is 11.1 Å². The minimum atomic E-state index is 0. The highest BCUT2D eigenvalue weighted by Crippen LogP contribution is 2.19. The second-order valence-electron chi connectivity index (χ2n) is 3.94. The van der Waals surface area contributed by atoms with Crippen molar-refractivity contribution >= 4 is 24.0 Å². The molecule has 1 fully saturated rings.